The van der Waals surface area contributed by atoms with Gasteiger partial charge in [-0.25, -0.2) is 0 Å². The summed E-state index contributed by atoms with van der Waals surface area (Å²) >= 11 is 0. The Labute approximate surface area is 130 Å². The average molecular weight is 305 g/mol. The second kappa shape index (κ2) is 5.76. The number of likely N-dealkylation sites (tertiary alicyclic amines) is 2. The van der Waals surface area contributed by atoms with Gasteiger partial charge in [0, 0.05) is 33.1 Å². The molecule has 1 aromatic rings. The molecule has 0 radical (unpaired) electrons. The molecule has 2 aliphatic heterocycles. The molecule has 3 rings (SSSR count). The second-order valence-corrected chi connectivity index (χ2v) is 6.33. The van der Waals surface area contributed by atoms with Crippen LogP contribution in [0.4, 0.5) is 0 Å². The maximum Gasteiger partial charge on any atom is 0.242 e. The zero-order valence-electron chi connectivity index (χ0n) is 13.3. The van der Waals surface area contributed by atoms with Gasteiger partial charge in [0.15, 0.2) is 0 Å². The Balaban J connectivity index is 1.69. The van der Waals surface area contributed by atoms with Crippen LogP contribution in [-0.2, 0) is 16.1 Å². The largest absolute Gasteiger partial charge is 0.465 e. The van der Waals surface area contributed by atoms with E-state index in [0.717, 1.165) is 37.6 Å². The summed E-state index contributed by atoms with van der Waals surface area (Å²) in [5, 5.41) is 2.67. The molecule has 3 heterocycles. The molecule has 2 amide bonds. The normalized spacial score (nSPS) is 28.0. The predicted molar refractivity (Wildman–Crippen MR) is 81.0 cm³/mol. The van der Waals surface area contributed by atoms with Crippen LogP contribution in [0.2, 0.25) is 0 Å². The highest BCUT2D eigenvalue weighted by Crippen LogP contribution is 2.36. The van der Waals surface area contributed by atoms with Crippen molar-refractivity contribution in [1.82, 2.24) is 15.1 Å². The average Bonchev–Trinajstić information content (AvgIpc) is 3.11. The van der Waals surface area contributed by atoms with Gasteiger partial charge in [-0.05, 0) is 31.4 Å². The van der Waals surface area contributed by atoms with Crippen LogP contribution in [0.1, 0.15) is 24.9 Å². The van der Waals surface area contributed by atoms with Crippen molar-refractivity contribution < 1.29 is 14.0 Å². The lowest BCUT2D eigenvalue weighted by molar-refractivity contribution is -0.138. The molecule has 22 heavy (non-hydrogen) atoms. The van der Waals surface area contributed by atoms with Gasteiger partial charge in [0.2, 0.25) is 11.8 Å². The Kier molecular flexibility index (Phi) is 3.95. The van der Waals surface area contributed by atoms with E-state index in [1.54, 1.807) is 18.9 Å². The van der Waals surface area contributed by atoms with E-state index in [0.29, 0.717) is 5.92 Å². The van der Waals surface area contributed by atoms with Crippen molar-refractivity contribution in [2.24, 2.45) is 5.92 Å². The first-order valence-corrected chi connectivity index (χ1v) is 7.77. The van der Waals surface area contributed by atoms with Gasteiger partial charge >= 0.3 is 0 Å². The number of carbonyl (C=O) groups is 2. The van der Waals surface area contributed by atoms with E-state index in [4.69, 9.17) is 4.42 Å². The second-order valence-electron chi connectivity index (χ2n) is 6.33. The molecule has 0 bridgehead atoms. The number of aryl methyl sites for hydroxylation is 1. The van der Waals surface area contributed by atoms with Gasteiger partial charge in [0.1, 0.15) is 17.6 Å². The van der Waals surface area contributed by atoms with Gasteiger partial charge in [-0.3, -0.25) is 14.5 Å². The smallest absolute Gasteiger partial charge is 0.242 e. The fourth-order valence-electron chi connectivity index (χ4n) is 3.89. The van der Waals surface area contributed by atoms with E-state index in [9.17, 15) is 9.59 Å². The zero-order valence-corrected chi connectivity index (χ0v) is 13.3. The van der Waals surface area contributed by atoms with Gasteiger partial charge in [-0.1, -0.05) is 0 Å². The van der Waals surface area contributed by atoms with Crippen molar-refractivity contribution in [2.75, 3.05) is 20.1 Å². The number of nitrogens with zero attached hydrogens (tertiary/aromatic N) is 2. The molecule has 6 nitrogen and oxygen atoms in total. The van der Waals surface area contributed by atoms with E-state index in [-0.39, 0.29) is 23.9 Å². The van der Waals surface area contributed by atoms with Crippen molar-refractivity contribution in [3.05, 3.63) is 23.7 Å². The van der Waals surface area contributed by atoms with Crippen molar-refractivity contribution in [3.63, 3.8) is 0 Å². The summed E-state index contributed by atoms with van der Waals surface area (Å²) in [6.45, 7) is 5.96. The molecule has 3 atom stereocenters. The Bertz CT molecular complexity index is 583. The van der Waals surface area contributed by atoms with Crippen LogP contribution in [0.3, 0.4) is 0 Å². The molecule has 0 aromatic carbocycles. The Hall–Kier alpha value is -1.82. The first-order valence-electron chi connectivity index (χ1n) is 7.77. The third-order valence-corrected chi connectivity index (χ3v) is 4.79. The van der Waals surface area contributed by atoms with Crippen LogP contribution in [-0.4, -0.2) is 53.8 Å². The highest BCUT2D eigenvalue weighted by molar-refractivity contribution is 5.87. The first kappa shape index (κ1) is 15.1. The number of hydrogen-bond acceptors (Lipinski definition) is 4. The van der Waals surface area contributed by atoms with Crippen LogP contribution < -0.4 is 5.32 Å². The van der Waals surface area contributed by atoms with E-state index >= 15 is 0 Å². The van der Waals surface area contributed by atoms with E-state index in [1.807, 2.05) is 19.1 Å². The molecular formula is C16H23N3O3. The van der Waals surface area contributed by atoms with Crippen molar-refractivity contribution in [2.45, 2.75) is 38.9 Å². The van der Waals surface area contributed by atoms with E-state index in [1.165, 1.54) is 0 Å². The highest BCUT2D eigenvalue weighted by atomic mass is 16.3. The summed E-state index contributed by atoms with van der Waals surface area (Å²) < 4.78 is 5.63. The number of rotatable bonds is 3. The van der Waals surface area contributed by atoms with Crippen LogP contribution in [0, 0.1) is 12.8 Å². The lowest BCUT2D eigenvalue weighted by Gasteiger charge is -2.28. The van der Waals surface area contributed by atoms with Crippen LogP contribution >= 0.6 is 0 Å². The first-order chi connectivity index (χ1) is 10.5. The van der Waals surface area contributed by atoms with Crippen molar-refractivity contribution in [1.29, 1.82) is 0 Å². The number of furan rings is 1. The summed E-state index contributed by atoms with van der Waals surface area (Å²) in [6, 6.07) is 3.79. The number of likely N-dealkylation sites (N-methyl/N-ethyl adjacent to an activating group) is 1. The number of amides is 2. The quantitative estimate of drug-likeness (QED) is 0.895. The van der Waals surface area contributed by atoms with E-state index < -0.39 is 0 Å². The fraction of sp³-hybridized carbons (Fsp3) is 0.625. The van der Waals surface area contributed by atoms with Crippen molar-refractivity contribution >= 4 is 11.8 Å². The van der Waals surface area contributed by atoms with Crippen LogP contribution in [0.5, 0.6) is 0 Å². The molecule has 1 N–H and O–H groups in total. The fourth-order valence-corrected chi connectivity index (χ4v) is 3.89. The molecular weight excluding hydrogens is 282 g/mol. The highest BCUT2D eigenvalue weighted by Gasteiger charge is 2.49. The number of nitrogens with one attached hydrogen (secondary N) is 1. The summed E-state index contributed by atoms with van der Waals surface area (Å²) in [7, 11) is 1.63. The minimum atomic E-state index is -0.314. The van der Waals surface area contributed by atoms with Crippen LogP contribution in [0.15, 0.2) is 16.5 Å². The van der Waals surface area contributed by atoms with Gasteiger partial charge in [0.25, 0.3) is 0 Å². The third kappa shape index (κ3) is 2.63. The lowest BCUT2D eigenvalue weighted by Crippen LogP contribution is -2.49. The van der Waals surface area contributed by atoms with Gasteiger partial charge in [-0.2, -0.15) is 0 Å². The molecule has 6 heteroatoms. The molecule has 2 fully saturated rings. The number of fused-ring (bicyclic) bond motifs is 1. The maximum absolute atomic E-state index is 12.0. The maximum atomic E-state index is 12.0. The minimum absolute atomic E-state index is 0.0169. The van der Waals surface area contributed by atoms with E-state index in [2.05, 4.69) is 10.2 Å². The molecule has 0 aliphatic carbocycles. The molecule has 2 aliphatic rings. The summed E-state index contributed by atoms with van der Waals surface area (Å²) in [5.41, 5.74) is 0. The topological polar surface area (TPSA) is 65.8 Å². The molecule has 0 unspecified atom stereocenters. The Morgan fingerprint density at radius 2 is 2.14 bits per heavy atom. The van der Waals surface area contributed by atoms with Crippen LogP contribution in [0.25, 0.3) is 0 Å². The molecule has 120 valence electrons. The number of hydrogen-bond donors (Lipinski definition) is 1. The monoisotopic (exact) mass is 305 g/mol. The summed E-state index contributed by atoms with van der Waals surface area (Å²) in [6.07, 6.45) is 0.748. The van der Waals surface area contributed by atoms with Gasteiger partial charge in [-0.15, -0.1) is 0 Å². The van der Waals surface area contributed by atoms with Crippen molar-refractivity contribution in [3.8, 4) is 0 Å². The zero-order chi connectivity index (χ0) is 15.9. The Morgan fingerprint density at radius 3 is 2.73 bits per heavy atom. The van der Waals surface area contributed by atoms with Gasteiger partial charge < -0.3 is 14.6 Å². The van der Waals surface area contributed by atoms with Gasteiger partial charge in [0.05, 0.1) is 6.54 Å². The molecule has 0 spiro atoms. The minimum Gasteiger partial charge on any atom is -0.465 e. The molecule has 0 saturated carbocycles. The summed E-state index contributed by atoms with van der Waals surface area (Å²) in [5.74, 6) is 2.16. The molecule has 1 aromatic heterocycles. The SMILES string of the molecule is CNC(=O)[C@@H]1C[C@H]2CN(Cc3ccc(C)o3)C[C@H]2N1C(C)=O. The standard InChI is InChI=1S/C16H23N3O3/c1-10-4-5-13(22-10)8-18-7-12-6-14(16(21)17-3)19(11(2)20)15(12)9-18/h4-5,12,14-15H,6-9H2,1-3H3,(H,17,21)/t12-,14-,15+/m0/s1. The third-order valence-electron chi connectivity index (χ3n) is 4.79. The Morgan fingerprint density at radius 1 is 1.36 bits per heavy atom. The number of carbonyl (C=O) groups excluding carboxylic acids is 2. The predicted octanol–water partition coefficient (Wildman–Crippen LogP) is 0.755. The lowest BCUT2D eigenvalue weighted by atomic mass is 10.0. The summed E-state index contributed by atoms with van der Waals surface area (Å²) in [4.78, 5) is 28.1. The molecule has 2 saturated heterocycles.